The molecule has 0 bridgehead atoms. The van der Waals surface area contributed by atoms with Gasteiger partial charge in [0.1, 0.15) is 23.1 Å². The van der Waals surface area contributed by atoms with E-state index in [0.29, 0.717) is 31.0 Å². The number of aromatic nitrogens is 1. The number of nitrogens with zero attached hydrogens (tertiary/aromatic N) is 2. The first-order valence-electron chi connectivity index (χ1n) is 9.80. The highest BCUT2D eigenvalue weighted by Crippen LogP contribution is 2.36. The van der Waals surface area contributed by atoms with Crippen LogP contribution in [0.1, 0.15) is 30.1 Å². The van der Waals surface area contributed by atoms with Crippen LogP contribution >= 0.6 is 11.3 Å². The summed E-state index contributed by atoms with van der Waals surface area (Å²) in [6, 6.07) is 13.1. The maximum Gasteiger partial charge on any atom is 0.338 e. The van der Waals surface area contributed by atoms with Crippen molar-refractivity contribution >= 4 is 32.7 Å². The van der Waals surface area contributed by atoms with Crippen molar-refractivity contribution in [3.8, 4) is 11.5 Å². The second kappa shape index (κ2) is 8.69. The predicted octanol–water partition coefficient (Wildman–Crippen LogP) is 4.53. The quantitative estimate of drug-likeness (QED) is 0.400. The van der Waals surface area contributed by atoms with Crippen molar-refractivity contribution in [2.75, 3.05) is 31.7 Å². The minimum absolute atomic E-state index is 0.138. The number of hydrogen-bond acceptors (Lipinski definition) is 7. The molecule has 0 saturated carbocycles. The Kier molecular flexibility index (Phi) is 5.85. The number of fused-ring (bicyclic) bond motifs is 1. The number of ether oxygens (including phenoxy) is 3. The Balaban J connectivity index is 1.34. The number of thiazole rings is 1. The number of para-hydroxylation sites is 1. The molecule has 6 nitrogen and oxygen atoms in total. The van der Waals surface area contributed by atoms with Crippen molar-refractivity contribution in [1.29, 1.82) is 0 Å². The van der Waals surface area contributed by atoms with Gasteiger partial charge in [0.15, 0.2) is 5.13 Å². The summed E-state index contributed by atoms with van der Waals surface area (Å²) in [5.74, 6) is 1.16. The predicted molar refractivity (Wildman–Crippen MR) is 114 cm³/mol. The van der Waals surface area contributed by atoms with Crippen LogP contribution in [0.4, 0.5) is 5.13 Å². The van der Waals surface area contributed by atoms with Crippen molar-refractivity contribution < 1.29 is 19.0 Å². The summed E-state index contributed by atoms with van der Waals surface area (Å²) in [5.41, 5.74) is 1.39. The van der Waals surface area contributed by atoms with Gasteiger partial charge in [-0.05, 0) is 36.8 Å². The fourth-order valence-electron chi connectivity index (χ4n) is 3.15. The van der Waals surface area contributed by atoms with Crippen molar-refractivity contribution in [2.24, 2.45) is 0 Å². The highest BCUT2D eigenvalue weighted by atomic mass is 32.1. The molecule has 0 atom stereocenters. The van der Waals surface area contributed by atoms with E-state index in [1.165, 1.54) is 0 Å². The third-order valence-corrected chi connectivity index (χ3v) is 5.90. The normalized spacial score (nSPS) is 13.9. The molecule has 1 saturated heterocycles. The maximum atomic E-state index is 12.5. The zero-order chi connectivity index (χ0) is 20.2. The van der Waals surface area contributed by atoms with Crippen LogP contribution < -0.4 is 14.4 Å². The summed E-state index contributed by atoms with van der Waals surface area (Å²) in [4.78, 5) is 19.3. The van der Waals surface area contributed by atoms with Gasteiger partial charge in [-0.15, -0.1) is 0 Å². The third-order valence-electron chi connectivity index (χ3n) is 4.82. The molecule has 0 unspecified atom stereocenters. The van der Waals surface area contributed by atoms with Gasteiger partial charge in [0.05, 0.1) is 37.1 Å². The lowest BCUT2D eigenvalue weighted by molar-refractivity contribution is 0.0234. The molecule has 3 aromatic rings. The number of benzene rings is 2. The van der Waals surface area contributed by atoms with Crippen LogP contribution in [0.2, 0.25) is 0 Å². The van der Waals surface area contributed by atoms with Crippen LogP contribution in [-0.2, 0) is 4.74 Å². The molecule has 152 valence electrons. The van der Waals surface area contributed by atoms with Crippen LogP contribution in [0.5, 0.6) is 11.5 Å². The molecular formula is C22H24N2O4S. The maximum absolute atomic E-state index is 12.5. The van der Waals surface area contributed by atoms with Crippen LogP contribution in [0, 0.1) is 0 Å². The number of hydrogen-bond donors (Lipinski definition) is 0. The second-order valence-electron chi connectivity index (χ2n) is 6.97. The Bertz CT molecular complexity index is 997. The summed E-state index contributed by atoms with van der Waals surface area (Å²) < 4.78 is 17.8. The van der Waals surface area contributed by atoms with E-state index in [4.69, 9.17) is 14.2 Å². The van der Waals surface area contributed by atoms with E-state index in [1.54, 1.807) is 30.6 Å². The Morgan fingerprint density at radius 3 is 2.86 bits per heavy atom. The lowest BCUT2D eigenvalue weighted by Gasteiger charge is -2.38. The highest BCUT2D eigenvalue weighted by Gasteiger charge is 2.32. The van der Waals surface area contributed by atoms with Crippen molar-refractivity contribution in [3.63, 3.8) is 0 Å². The van der Waals surface area contributed by atoms with Gasteiger partial charge in [-0.25, -0.2) is 9.78 Å². The molecule has 1 aliphatic rings. The van der Waals surface area contributed by atoms with Gasteiger partial charge in [0.2, 0.25) is 0 Å². The molecule has 0 aliphatic carbocycles. The van der Waals surface area contributed by atoms with Gasteiger partial charge in [-0.2, -0.15) is 0 Å². The number of unbranched alkanes of at least 4 members (excludes halogenated alkanes) is 1. The Morgan fingerprint density at radius 2 is 2.07 bits per heavy atom. The first-order valence-corrected chi connectivity index (χ1v) is 10.6. The first-order chi connectivity index (χ1) is 14.2. The average Bonchev–Trinajstić information content (AvgIpc) is 3.14. The largest absolute Gasteiger partial charge is 0.494 e. The molecule has 2 aromatic carbocycles. The number of rotatable bonds is 8. The minimum atomic E-state index is -0.318. The zero-order valence-electron chi connectivity index (χ0n) is 16.6. The first kappa shape index (κ1) is 19.5. The molecule has 1 aliphatic heterocycles. The summed E-state index contributed by atoms with van der Waals surface area (Å²) in [7, 11) is 1.65. The lowest BCUT2D eigenvalue weighted by Crippen LogP contribution is -2.53. The summed E-state index contributed by atoms with van der Waals surface area (Å²) in [6.07, 6.45) is 1.92. The van der Waals surface area contributed by atoms with Crippen molar-refractivity contribution in [1.82, 2.24) is 4.98 Å². The van der Waals surface area contributed by atoms with Crippen LogP contribution in [0.3, 0.4) is 0 Å². The van der Waals surface area contributed by atoms with Gasteiger partial charge in [-0.3, -0.25) is 0 Å². The van der Waals surface area contributed by atoms with E-state index >= 15 is 0 Å². The molecule has 1 fully saturated rings. The van der Waals surface area contributed by atoms with E-state index < -0.39 is 0 Å². The summed E-state index contributed by atoms with van der Waals surface area (Å²) in [6.45, 7) is 4.05. The van der Waals surface area contributed by atoms with E-state index in [2.05, 4.69) is 16.8 Å². The van der Waals surface area contributed by atoms with Crippen LogP contribution in [-0.4, -0.2) is 43.9 Å². The van der Waals surface area contributed by atoms with Gasteiger partial charge in [-0.1, -0.05) is 36.8 Å². The highest BCUT2D eigenvalue weighted by molar-refractivity contribution is 7.22. The SMILES string of the molecule is CCCCOc1cccc(C(=O)OC2CN(c3nc4c(OC)cccc4s3)C2)c1. The molecular weight excluding hydrogens is 388 g/mol. The van der Waals surface area contributed by atoms with Crippen LogP contribution in [0.15, 0.2) is 42.5 Å². The average molecular weight is 413 g/mol. The Morgan fingerprint density at radius 1 is 1.24 bits per heavy atom. The number of carbonyl (C=O) groups is 1. The molecule has 0 amide bonds. The van der Waals surface area contributed by atoms with E-state index in [-0.39, 0.29) is 12.1 Å². The Labute approximate surface area is 174 Å². The fourth-order valence-corrected chi connectivity index (χ4v) is 4.15. The molecule has 29 heavy (non-hydrogen) atoms. The molecule has 2 heterocycles. The number of carbonyl (C=O) groups excluding carboxylic acids is 1. The molecule has 1 aromatic heterocycles. The van der Waals surface area contributed by atoms with Crippen LogP contribution in [0.25, 0.3) is 10.2 Å². The van der Waals surface area contributed by atoms with E-state index in [0.717, 1.165) is 33.9 Å². The summed E-state index contributed by atoms with van der Waals surface area (Å²) in [5, 5.41) is 0.920. The number of methoxy groups -OCH3 is 1. The van der Waals surface area contributed by atoms with Crippen molar-refractivity contribution in [2.45, 2.75) is 25.9 Å². The topological polar surface area (TPSA) is 60.9 Å². The third kappa shape index (κ3) is 4.29. The molecule has 0 spiro atoms. The number of esters is 1. The molecule has 4 rings (SSSR count). The van der Waals surface area contributed by atoms with Gasteiger partial charge in [0.25, 0.3) is 0 Å². The summed E-state index contributed by atoms with van der Waals surface area (Å²) >= 11 is 1.62. The zero-order valence-corrected chi connectivity index (χ0v) is 17.4. The molecule has 0 radical (unpaired) electrons. The van der Waals surface area contributed by atoms with E-state index in [1.807, 2.05) is 30.3 Å². The second-order valence-corrected chi connectivity index (χ2v) is 7.97. The fraction of sp³-hybridized carbons (Fsp3) is 0.364. The van der Waals surface area contributed by atoms with Crippen molar-refractivity contribution in [3.05, 3.63) is 48.0 Å². The van der Waals surface area contributed by atoms with Gasteiger partial charge < -0.3 is 19.1 Å². The monoisotopic (exact) mass is 412 g/mol. The van der Waals surface area contributed by atoms with Gasteiger partial charge in [0, 0.05) is 0 Å². The standard InChI is InChI=1S/C22H24N2O4S/c1-3-4-11-27-16-8-5-7-15(12-16)21(25)28-17-13-24(14-17)22-23-20-18(26-2)9-6-10-19(20)29-22/h5-10,12,17H,3-4,11,13-14H2,1-2H3. The minimum Gasteiger partial charge on any atom is -0.494 e. The Hall–Kier alpha value is -2.80. The molecule has 0 N–H and O–H groups in total. The van der Waals surface area contributed by atoms with Gasteiger partial charge >= 0.3 is 5.97 Å². The molecule has 7 heteroatoms. The van der Waals surface area contributed by atoms with E-state index in [9.17, 15) is 4.79 Å². The lowest BCUT2D eigenvalue weighted by atomic mass is 10.1. The number of anilines is 1. The smallest absolute Gasteiger partial charge is 0.338 e.